The van der Waals surface area contributed by atoms with Gasteiger partial charge >= 0.3 is 0 Å². The van der Waals surface area contributed by atoms with E-state index in [1.807, 2.05) is 24.3 Å². The van der Waals surface area contributed by atoms with Crippen LogP contribution in [0.15, 0.2) is 24.3 Å². The molecule has 0 aromatic heterocycles. The van der Waals surface area contributed by atoms with E-state index < -0.39 is 0 Å². The van der Waals surface area contributed by atoms with E-state index in [4.69, 9.17) is 4.74 Å². The van der Waals surface area contributed by atoms with E-state index >= 15 is 0 Å². The van der Waals surface area contributed by atoms with Crippen LogP contribution in [0.4, 0.5) is 11.4 Å². The number of nitrogens with one attached hydrogen (secondary N) is 2. The minimum absolute atomic E-state index is 0.123. The van der Waals surface area contributed by atoms with E-state index in [0.29, 0.717) is 19.8 Å². The van der Waals surface area contributed by atoms with Crippen LogP contribution in [-0.2, 0) is 9.53 Å². The number of anilines is 2. The average molecular weight is 232 g/mol. The maximum Gasteiger partial charge on any atom is 0.232 e. The normalized spacial score (nSPS) is 22.2. The van der Waals surface area contributed by atoms with Gasteiger partial charge in [0.25, 0.3) is 0 Å². The zero-order chi connectivity index (χ0) is 11.7. The lowest BCUT2D eigenvalue weighted by atomic mass is 9.79. The maximum atomic E-state index is 12.3. The monoisotopic (exact) mass is 232 g/mol. The predicted molar refractivity (Wildman–Crippen MR) is 66.0 cm³/mol. The number of benzene rings is 1. The quantitative estimate of drug-likeness (QED) is 0.717. The average Bonchev–Trinajstić information content (AvgIpc) is 2.50. The lowest BCUT2D eigenvalue weighted by molar-refractivity contribution is -0.129. The second-order valence-corrected chi connectivity index (χ2v) is 4.75. The second-order valence-electron chi connectivity index (χ2n) is 4.75. The Labute approximate surface area is 100 Å². The van der Waals surface area contributed by atoms with Gasteiger partial charge in [-0.05, 0) is 25.0 Å². The fourth-order valence-corrected chi connectivity index (χ4v) is 2.51. The number of hydrogen-bond acceptors (Lipinski definition) is 3. The summed E-state index contributed by atoms with van der Waals surface area (Å²) < 4.78 is 5.36. The van der Waals surface area contributed by atoms with E-state index in [1.165, 1.54) is 0 Å². The van der Waals surface area contributed by atoms with Crippen LogP contribution in [-0.4, -0.2) is 25.7 Å². The van der Waals surface area contributed by atoms with Crippen LogP contribution in [0.3, 0.4) is 0 Å². The minimum atomic E-state index is -0.308. The summed E-state index contributed by atoms with van der Waals surface area (Å²) in [5.74, 6) is 0.123. The van der Waals surface area contributed by atoms with Crippen LogP contribution < -0.4 is 10.6 Å². The highest BCUT2D eigenvalue weighted by Gasteiger charge is 2.41. The highest BCUT2D eigenvalue weighted by molar-refractivity contribution is 5.99. The third kappa shape index (κ3) is 1.78. The third-order valence-corrected chi connectivity index (χ3v) is 3.72. The molecule has 0 radical (unpaired) electrons. The van der Waals surface area contributed by atoms with Gasteiger partial charge in [-0.15, -0.1) is 0 Å². The number of hydrogen-bond donors (Lipinski definition) is 2. The molecule has 1 fully saturated rings. The maximum absolute atomic E-state index is 12.3. The minimum Gasteiger partial charge on any atom is -0.382 e. The molecule has 1 amide bonds. The van der Waals surface area contributed by atoms with Gasteiger partial charge in [0.2, 0.25) is 5.91 Å². The molecule has 4 nitrogen and oxygen atoms in total. The second kappa shape index (κ2) is 4.04. The summed E-state index contributed by atoms with van der Waals surface area (Å²) in [4.78, 5) is 12.3. The molecule has 1 aromatic carbocycles. The van der Waals surface area contributed by atoms with E-state index in [2.05, 4.69) is 10.6 Å². The van der Waals surface area contributed by atoms with Crippen molar-refractivity contribution in [3.8, 4) is 0 Å². The lowest BCUT2D eigenvalue weighted by Crippen LogP contribution is -2.44. The third-order valence-electron chi connectivity index (χ3n) is 3.72. The summed E-state index contributed by atoms with van der Waals surface area (Å²) in [7, 11) is 0. The Balaban J connectivity index is 1.91. The molecule has 0 saturated carbocycles. The van der Waals surface area contributed by atoms with Gasteiger partial charge in [0.1, 0.15) is 0 Å². The van der Waals surface area contributed by atoms with Crippen molar-refractivity contribution in [3.63, 3.8) is 0 Å². The van der Waals surface area contributed by atoms with Gasteiger partial charge in [0, 0.05) is 19.8 Å². The highest BCUT2D eigenvalue weighted by atomic mass is 16.5. The summed E-state index contributed by atoms with van der Waals surface area (Å²) in [6.45, 7) is 2.04. The molecule has 0 aliphatic carbocycles. The van der Waals surface area contributed by atoms with E-state index in [1.54, 1.807) is 0 Å². The molecule has 90 valence electrons. The molecule has 1 saturated heterocycles. The molecule has 3 rings (SSSR count). The van der Waals surface area contributed by atoms with Crippen LogP contribution >= 0.6 is 0 Å². The van der Waals surface area contributed by atoms with E-state index in [0.717, 1.165) is 24.2 Å². The molecular formula is C13H16N2O2. The van der Waals surface area contributed by atoms with Crippen LogP contribution in [0.5, 0.6) is 0 Å². The van der Waals surface area contributed by atoms with Gasteiger partial charge in [-0.25, -0.2) is 0 Å². The van der Waals surface area contributed by atoms with Crippen molar-refractivity contribution in [2.75, 3.05) is 30.4 Å². The number of carbonyl (C=O) groups excluding carboxylic acids is 1. The zero-order valence-electron chi connectivity index (χ0n) is 9.66. The highest BCUT2D eigenvalue weighted by Crippen LogP contribution is 2.36. The molecule has 1 spiro atoms. The van der Waals surface area contributed by atoms with Crippen LogP contribution in [0.2, 0.25) is 0 Å². The summed E-state index contributed by atoms with van der Waals surface area (Å²) in [5, 5.41) is 6.40. The first-order chi connectivity index (χ1) is 8.30. The number of para-hydroxylation sites is 2. The number of ether oxygens (including phenoxy) is 1. The molecule has 2 heterocycles. The van der Waals surface area contributed by atoms with Crippen molar-refractivity contribution in [1.29, 1.82) is 0 Å². The summed E-state index contributed by atoms with van der Waals surface area (Å²) >= 11 is 0. The Morgan fingerprint density at radius 1 is 1.12 bits per heavy atom. The number of carbonyl (C=O) groups is 1. The Hall–Kier alpha value is -1.55. The van der Waals surface area contributed by atoms with Crippen molar-refractivity contribution in [2.24, 2.45) is 5.41 Å². The topological polar surface area (TPSA) is 50.4 Å². The summed E-state index contributed by atoms with van der Waals surface area (Å²) in [5.41, 5.74) is 1.57. The first kappa shape index (κ1) is 10.6. The smallest absolute Gasteiger partial charge is 0.232 e. The van der Waals surface area contributed by atoms with Crippen LogP contribution in [0.25, 0.3) is 0 Å². The van der Waals surface area contributed by atoms with Gasteiger partial charge in [-0.3, -0.25) is 4.79 Å². The van der Waals surface area contributed by atoms with Crippen molar-refractivity contribution in [2.45, 2.75) is 12.8 Å². The van der Waals surface area contributed by atoms with Crippen molar-refractivity contribution in [1.82, 2.24) is 0 Å². The Kier molecular flexibility index (Phi) is 2.52. The molecule has 0 atom stereocenters. The number of fused-ring (bicyclic) bond motifs is 1. The van der Waals surface area contributed by atoms with Crippen molar-refractivity contribution in [3.05, 3.63) is 24.3 Å². The molecule has 2 N–H and O–H groups in total. The van der Waals surface area contributed by atoms with Gasteiger partial charge in [-0.1, -0.05) is 12.1 Å². The Bertz CT molecular complexity index is 439. The Morgan fingerprint density at radius 2 is 1.82 bits per heavy atom. The molecular weight excluding hydrogens is 216 g/mol. The molecule has 17 heavy (non-hydrogen) atoms. The standard InChI is InChI=1S/C13H16N2O2/c16-12-13(5-7-17-8-6-13)9-14-10-3-1-2-4-11(10)15-12/h1-4,14H,5-9H2,(H,15,16). The number of rotatable bonds is 0. The zero-order valence-corrected chi connectivity index (χ0v) is 9.66. The lowest BCUT2D eigenvalue weighted by Gasteiger charge is -2.34. The predicted octanol–water partition coefficient (Wildman–Crippen LogP) is 1.85. The fourth-order valence-electron chi connectivity index (χ4n) is 2.51. The number of amides is 1. The fraction of sp³-hybridized carbons (Fsp3) is 0.462. The van der Waals surface area contributed by atoms with Crippen molar-refractivity contribution < 1.29 is 9.53 Å². The molecule has 0 unspecified atom stereocenters. The van der Waals surface area contributed by atoms with Crippen LogP contribution in [0.1, 0.15) is 12.8 Å². The first-order valence-electron chi connectivity index (χ1n) is 6.02. The van der Waals surface area contributed by atoms with E-state index in [-0.39, 0.29) is 11.3 Å². The van der Waals surface area contributed by atoms with Gasteiger partial charge in [-0.2, -0.15) is 0 Å². The molecule has 2 aliphatic heterocycles. The Morgan fingerprint density at radius 3 is 2.59 bits per heavy atom. The SMILES string of the molecule is O=C1Nc2ccccc2NCC12CCOCC2. The molecule has 0 bridgehead atoms. The summed E-state index contributed by atoms with van der Waals surface area (Å²) in [6.07, 6.45) is 1.58. The van der Waals surface area contributed by atoms with Gasteiger partial charge in [0.05, 0.1) is 16.8 Å². The summed E-state index contributed by atoms with van der Waals surface area (Å²) in [6, 6.07) is 7.83. The van der Waals surface area contributed by atoms with Gasteiger partial charge in [0.15, 0.2) is 0 Å². The largest absolute Gasteiger partial charge is 0.382 e. The van der Waals surface area contributed by atoms with Gasteiger partial charge < -0.3 is 15.4 Å². The van der Waals surface area contributed by atoms with Crippen molar-refractivity contribution >= 4 is 17.3 Å². The first-order valence-corrected chi connectivity index (χ1v) is 6.02. The van der Waals surface area contributed by atoms with Crippen LogP contribution in [0, 0.1) is 5.41 Å². The molecule has 1 aromatic rings. The molecule has 4 heteroatoms. The van der Waals surface area contributed by atoms with E-state index in [9.17, 15) is 4.79 Å². The molecule has 2 aliphatic rings.